The maximum atomic E-state index is 12.6. The molecule has 0 aromatic heterocycles. The number of nitrogens with one attached hydrogen (secondary N) is 1. The highest BCUT2D eigenvalue weighted by Gasteiger charge is 2.33. The van der Waals surface area contributed by atoms with Crippen LogP contribution < -0.4 is 10.2 Å². The van der Waals surface area contributed by atoms with Crippen molar-refractivity contribution in [3.05, 3.63) is 29.3 Å². The Bertz CT molecular complexity index is 612. The highest BCUT2D eigenvalue weighted by atomic mass is 16.5. The maximum Gasteiger partial charge on any atom is 0.274 e. The fourth-order valence-electron chi connectivity index (χ4n) is 2.92. The fraction of sp³-hybridized carbons (Fsp3) is 0.500. The van der Waals surface area contributed by atoms with Gasteiger partial charge in [0.2, 0.25) is 0 Å². The third-order valence-electron chi connectivity index (χ3n) is 4.27. The first-order chi connectivity index (χ1) is 11.1. The molecular weight excluding hydrogens is 300 g/mol. The first-order valence-electron chi connectivity index (χ1n) is 7.72. The van der Waals surface area contributed by atoms with Crippen LogP contribution in [0.25, 0.3) is 0 Å². The number of benzene rings is 1. The van der Waals surface area contributed by atoms with Crippen molar-refractivity contribution in [1.82, 2.24) is 10.4 Å². The second-order valence-electron chi connectivity index (χ2n) is 5.89. The first-order valence-corrected chi connectivity index (χ1v) is 7.72. The van der Waals surface area contributed by atoms with Crippen molar-refractivity contribution in [3.63, 3.8) is 0 Å². The van der Waals surface area contributed by atoms with Crippen LogP contribution in [-0.4, -0.2) is 47.3 Å². The minimum absolute atomic E-state index is 0.0105. The van der Waals surface area contributed by atoms with Gasteiger partial charge >= 0.3 is 0 Å². The van der Waals surface area contributed by atoms with E-state index in [1.54, 1.807) is 28.6 Å². The summed E-state index contributed by atoms with van der Waals surface area (Å²) in [7, 11) is 0. The quantitative estimate of drug-likeness (QED) is 0.629. The van der Waals surface area contributed by atoms with Gasteiger partial charge in [-0.05, 0) is 31.9 Å². The number of carbonyl (C=O) groups is 2. The Hall–Kier alpha value is -2.12. The summed E-state index contributed by atoms with van der Waals surface area (Å²) in [6.45, 7) is 3.32. The van der Waals surface area contributed by atoms with E-state index in [1.165, 1.54) is 0 Å². The van der Waals surface area contributed by atoms with E-state index in [2.05, 4.69) is 0 Å². The molecule has 7 heteroatoms. The van der Waals surface area contributed by atoms with Gasteiger partial charge in [-0.2, -0.15) is 0 Å². The van der Waals surface area contributed by atoms with E-state index in [1.807, 2.05) is 6.92 Å². The van der Waals surface area contributed by atoms with Crippen LogP contribution >= 0.6 is 0 Å². The number of hydrogen-bond acceptors (Lipinski definition) is 5. The summed E-state index contributed by atoms with van der Waals surface area (Å²) < 4.78 is 11.2. The van der Waals surface area contributed by atoms with Gasteiger partial charge in [-0.3, -0.25) is 14.8 Å². The van der Waals surface area contributed by atoms with Gasteiger partial charge in [-0.1, -0.05) is 6.07 Å². The van der Waals surface area contributed by atoms with Gasteiger partial charge < -0.3 is 14.4 Å². The van der Waals surface area contributed by atoms with E-state index < -0.39 is 5.91 Å². The van der Waals surface area contributed by atoms with E-state index in [0.717, 1.165) is 18.4 Å². The molecular formula is C16H20N2O5. The van der Waals surface area contributed by atoms with Crippen LogP contribution in [0.15, 0.2) is 18.2 Å². The lowest BCUT2D eigenvalue weighted by molar-refractivity contribution is -0.144. The van der Waals surface area contributed by atoms with Gasteiger partial charge in [-0.15, -0.1) is 0 Å². The molecule has 2 N–H and O–H groups in total. The third kappa shape index (κ3) is 3.16. The van der Waals surface area contributed by atoms with Gasteiger partial charge in [0.15, 0.2) is 0 Å². The minimum Gasteiger partial charge on any atom is -0.491 e. The van der Waals surface area contributed by atoms with Crippen LogP contribution in [0, 0.1) is 0 Å². The predicted octanol–water partition coefficient (Wildman–Crippen LogP) is 1.09. The summed E-state index contributed by atoms with van der Waals surface area (Å²) in [6, 6.07) is 4.83. The summed E-state index contributed by atoms with van der Waals surface area (Å²) in [6.07, 6.45) is 1.30. The molecule has 2 amide bonds. The Balaban J connectivity index is 1.83. The topological polar surface area (TPSA) is 88.1 Å². The van der Waals surface area contributed by atoms with Gasteiger partial charge in [-0.25, -0.2) is 5.48 Å². The lowest BCUT2D eigenvalue weighted by Crippen LogP contribution is -2.45. The Morgan fingerprint density at radius 2 is 2.22 bits per heavy atom. The number of carbonyl (C=O) groups excluding carboxylic acids is 2. The van der Waals surface area contributed by atoms with Crippen molar-refractivity contribution in [2.45, 2.75) is 38.5 Å². The Morgan fingerprint density at radius 1 is 1.39 bits per heavy atom. The number of amides is 2. The molecule has 0 bridgehead atoms. The first kappa shape index (κ1) is 15.8. The van der Waals surface area contributed by atoms with Crippen molar-refractivity contribution in [1.29, 1.82) is 0 Å². The zero-order chi connectivity index (χ0) is 16.4. The SMILES string of the molecule is C[C@H]1COc2cc(C(=O)NO)ccc2CN1C(=O)[C@H]1CCCO1. The molecule has 7 nitrogen and oxygen atoms in total. The molecule has 0 radical (unpaired) electrons. The Kier molecular flexibility index (Phi) is 4.49. The molecule has 2 aliphatic rings. The highest BCUT2D eigenvalue weighted by molar-refractivity contribution is 5.93. The zero-order valence-electron chi connectivity index (χ0n) is 12.9. The van der Waals surface area contributed by atoms with Crippen molar-refractivity contribution in [2.24, 2.45) is 0 Å². The summed E-state index contributed by atoms with van der Waals surface area (Å²) in [4.78, 5) is 25.9. The normalized spacial score (nSPS) is 23.7. The molecule has 3 rings (SSSR count). The highest BCUT2D eigenvalue weighted by Crippen LogP contribution is 2.28. The number of fused-ring (bicyclic) bond motifs is 1. The molecule has 1 fully saturated rings. The molecule has 23 heavy (non-hydrogen) atoms. The van der Waals surface area contributed by atoms with Crippen molar-refractivity contribution in [2.75, 3.05) is 13.2 Å². The summed E-state index contributed by atoms with van der Waals surface area (Å²) >= 11 is 0. The third-order valence-corrected chi connectivity index (χ3v) is 4.27. The number of ether oxygens (including phenoxy) is 2. The average molecular weight is 320 g/mol. The predicted molar refractivity (Wildman–Crippen MR) is 80.2 cm³/mol. The number of hydroxylamine groups is 1. The number of nitrogens with zero attached hydrogens (tertiary/aromatic N) is 1. The van der Waals surface area contributed by atoms with Crippen LogP contribution in [0.3, 0.4) is 0 Å². The van der Waals surface area contributed by atoms with Gasteiger partial charge in [0, 0.05) is 24.3 Å². The average Bonchev–Trinajstić information content (AvgIpc) is 3.05. The molecule has 1 saturated heterocycles. The lowest BCUT2D eigenvalue weighted by Gasteiger charge is -2.28. The van der Waals surface area contributed by atoms with Crippen LogP contribution in [0.5, 0.6) is 5.75 Å². The molecule has 1 aromatic rings. The second kappa shape index (κ2) is 6.55. The van der Waals surface area contributed by atoms with E-state index in [9.17, 15) is 9.59 Å². The molecule has 2 atom stereocenters. The molecule has 0 spiro atoms. The van der Waals surface area contributed by atoms with Crippen molar-refractivity contribution < 1.29 is 24.3 Å². The lowest BCUT2D eigenvalue weighted by atomic mass is 10.1. The molecule has 0 unspecified atom stereocenters. The smallest absolute Gasteiger partial charge is 0.274 e. The van der Waals surface area contributed by atoms with Crippen LogP contribution in [0.1, 0.15) is 35.7 Å². The molecule has 1 aromatic carbocycles. The largest absolute Gasteiger partial charge is 0.491 e. The van der Waals surface area contributed by atoms with Crippen LogP contribution in [0.4, 0.5) is 0 Å². The standard InChI is InChI=1S/C16H20N2O5/c1-10-9-23-14-7-11(15(19)17-21)4-5-12(14)8-18(10)16(20)13-3-2-6-22-13/h4-5,7,10,13,21H,2-3,6,8-9H2,1H3,(H,17,19)/t10-,13+/m0/s1. The van der Waals surface area contributed by atoms with Crippen molar-refractivity contribution in [3.8, 4) is 5.75 Å². The van der Waals surface area contributed by atoms with Gasteiger partial charge in [0.25, 0.3) is 11.8 Å². The Morgan fingerprint density at radius 3 is 2.91 bits per heavy atom. The summed E-state index contributed by atoms with van der Waals surface area (Å²) in [5, 5.41) is 8.72. The number of rotatable bonds is 2. The van der Waals surface area contributed by atoms with E-state index in [4.69, 9.17) is 14.7 Å². The Labute approximate surface area is 134 Å². The zero-order valence-corrected chi connectivity index (χ0v) is 12.9. The molecule has 2 heterocycles. The van der Waals surface area contributed by atoms with Crippen LogP contribution in [-0.2, 0) is 16.1 Å². The molecule has 0 saturated carbocycles. The summed E-state index contributed by atoms with van der Waals surface area (Å²) in [5.74, 6) is -0.0507. The number of hydrogen-bond donors (Lipinski definition) is 2. The molecule has 2 aliphatic heterocycles. The van der Waals surface area contributed by atoms with Crippen LogP contribution in [0.2, 0.25) is 0 Å². The molecule has 124 valence electrons. The van der Waals surface area contributed by atoms with Gasteiger partial charge in [0.1, 0.15) is 18.5 Å². The fourth-order valence-corrected chi connectivity index (χ4v) is 2.92. The van der Waals surface area contributed by atoms with E-state index in [0.29, 0.717) is 31.1 Å². The van der Waals surface area contributed by atoms with E-state index >= 15 is 0 Å². The van der Waals surface area contributed by atoms with Crippen molar-refractivity contribution >= 4 is 11.8 Å². The van der Waals surface area contributed by atoms with E-state index in [-0.39, 0.29) is 18.1 Å². The van der Waals surface area contributed by atoms with Gasteiger partial charge in [0.05, 0.1) is 6.04 Å². The minimum atomic E-state index is -0.596. The summed E-state index contributed by atoms with van der Waals surface area (Å²) in [5.41, 5.74) is 2.73. The second-order valence-corrected chi connectivity index (χ2v) is 5.89. The maximum absolute atomic E-state index is 12.6. The molecule has 0 aliphatic carbocycles. The monoisotopic (exact) mass is 320 g/mol.